The first-order chi connectivity index (χ1) is 7.79. The molecule has 0 aromatic carbocycles. The maximum absolute atomic E-state index is 6.11. The number of epoxide rings is 1. The van der Waals surface area contributed by atoms with Gasteiger partial charge in [-0.2, -0.15) is 0 Å². The Balaban J connectivity index is 2.30. The van der Waals surface area contributed by atoms with Crippen molar-refractivity contribution in [2.45, 2.75) is 6.10 Å². The number of hydrogen-bond acceptors (Lipinski definition) is 4. The fourth-order valence-electron chi connectivity index (χ4n) is 1.68. The number of pyridine rings is 2. The Bertz CT molecular complexity index is 555. The molecule has 2 aromatic heterocycles. The summed E-state index contributed by atoms with van der Waals surface area (Å²) >= 11 is 6.11. The van der Waals surface area contributed by atoms with Crippen LogP contribution in [0.4, 0.5) is 0 Å². The van der Waals surface area contributed by atoms with E-state index < -0.39 is 0 Å². The Kier molecular flexibility index (Phi) is 2.19. The minimum Gasteiger partial charge on any atom is -0.481 e. The van der Waals surface area contributed by atoms with Crippen LogP contribution in [0.15, 0.2) is 18.3 Å². The highest BCUT2D eigenvalue weighted by atomic mass is 35.5. The fourth-order valence-corrected chi connectivity index (χ4v) is 1.94. The van der Waals surface area contributed by atoms with Crippen molar-refractivity contribution in [1.29, 1.82) is 0 Å². The zero-order valence-corrected chi connectivity index (χ0v) is 9.36. The molecule has 0 spiro atoms. The second-order valence-electron chi connectivity index (χ2n) is 3.56. The van der Waals surface area contributed by atoms with Gasteiger partial charge in [0, 0.05) is 17.8 Å². The lowest BCUT2D eigenvalue weighted by Crippen LogP contribution is -1.94. The summed E-state index contributed by atoms with van der Waals surface area (Å²) in [5.74, 6) is 0.554. The van der Waals surface area contributed by atoms with Crippen molar-refractivity contribution in [2.75, 3.05) is 13.7 Å². The number of ether oxygens (including phenoxy) is 2. The van der Waals surface area contributed by atoms with E-state index in [-0.39, 0.29) is 6.10 Å². The van der Waals surface area contributed by atoms with Gasteiger partial charge in [-0.1, -0.05) is 11.6 Å². The number of methoxy groups -OCH3 is 1. The Hall–Kier alpha value is -1.39. The lowest BCUT2D eigenvalue weighted by atomic mass is 10.1. The van der Waals surface area contributed by atoms with Crippen molar-refractivity contribution in [2.24, 2.45) is 0 Å². The highest BCUT2D eigenvalue weighted by Crippen LogP contribution is 2.38. The minimum absolute atomic E-state index is 0.0533. The van der Waals surface area contributed by atoms with Gasteiger partial charge in [0.1, 0.15) is 11.6 Å². The number of fused-ring (bicyclic) bond motifs is 1. The van der Waals surface area contributed by atoms with Crippen molar-refractivity contribution < 1.29 is 9.47 Å². The van der Waals surface area contributed by atoms with Crippen molar-refractivity contribution in [3.05, 3.63) is 28.9 Å². The molecular formula is C11H9ClN2O2. The predicted octanol–water partition coefficient (Wildman–Crippen LogP) is 2.36. The van der Waals surface area contributed by atoms with Gasteiger partial charge in [0.2, 0.25) is 5.88 Å². The first-order valence-corrected chi connectivity index (χ1v) is 5.28. The molecule has 0 radical (unpaired) electrons. The van der Waals surface area contributed by atoms with Crippen LogP contribution >= 0.6 is 11.6 Å². The molecule has 1 atom stereocenters. The quantitative estimate of drug-likeness (QED) is 0.751. The summed E-state index contributed by atoms with van der Waals surface area (Å²) in [5, 5.41) is 0.593. The van der Waals surface area contributed by atoms with Crippen molar-refractivity contribution in [3.8, 4) is 5.88 Å². The molecular weight excluding hydrogens is 228 g/mol. The maximum atomic E-state index is 6.11. The smallest absolute Gasteiger partial charge is 0.213 e. The van der Waals surface area contributed by atoms with Crippen LogP contribution in [0.25, 0.3) is 11.0 Å². The fraction of sp³-hybridized carbons (Fsp3) is 0.273. The van der Waals surface area contributed by atoms with E-state index in [1.54, 1.807) is 19.4 Å². The summed E-state index contributed by atoms with van der Waals surface area (Å²) in [7, 11) is 1.58. The molecule has 1 fully saturated rings. The molecule has 0 amide bonds. The molecule has 4 nitrogen and oxygen atoms in total. The van der Waals surface area contributed by atoms with Crippen LogP contribution in [-0.2, 0) is 4.74 Å². The van der Waals surface area contributed by atoms with Crippen LogP contribution in [0, 0.1) is 0 Å². The van der Waals surface area contributed by atoms with E-state index in [2.05, 4.69) is 9.97 Å². The Morgan fingerprint density at radius 2 is 2.31 bits per heavy atom. The van der Waals surface area contributed by atoms with Gasteiger partial charge >= 0.3 is 0 Å². The number of aromatic nitrogens is 2. The van der Waals surface area contributed by atoms with Crippen LogP contribution < -0.4 is 4.74 Å². The largest absolute Gasteiger partial charge is 0.481 e. The van der Waals surface area contributed by atoms with E-state index in [0.29, 0.717) is 17.5 Å². The molecule has 5 heteroatoms. The summed E-state index contributed by atoms with van der Waals surface area (Å²) in [6.45, 7) is 0.692. The number of rotatable bonds is 2. The lowest BCUT2D eigenvalue weighted by Gasteiger charge is -2.06. The summed E-state index contributed by atoms with van der Waals surface area (Å²) in [4.78, 5) is 8.59. The van der Waals surface area contributed by atoms with E-state index in [1.807, 2.05) is 6.07 Å². The predicted molar refractivity (Wildman–Crippen MR) is 59.8 cm³/mol. The monoisotopic (exact) mass is 236 g/mol. The van der Waals surface area contributed by atoms with Crippen LogP contribution in [0.2, 0.25) is 5.02 Å². The normalized spacial score (nSPS) is 18.8. The second-order valence-corrected chi connectivity index (χ2v) is 3.97. The first-order valence-electron chi connectivity index (χ1n) is 4.90. The van der Waals surface area contributed by atoms with Gasteiger partial charge in [-0.05, 0) is 6.07 Å². The Morgan fingerprint density at radius 1 is 1.50 bits per heavy atom. The van der Waals surface area contributed by atoms with Crippen molar-refractivity contribution in [3.63, 3.8) is 0 Å². The van der Waals surface area contributed by atoms with E-state index in [0.717, 1.165) is 16.6 Å². The van der Waals surface area contributed by atoms with E-state index >= 15 is 0 Å². The SMILES string of the molecule is COc1ccc2ncc(Cl)c([C@@H]3CO3)c2n1. The maximum Gasteiger partial charge on any atom is 0.213 e. The average molecular weight is 237 g/mol. The summed E-state index contributed by atoms with van der Waals surface area (Å²) in [6, 6.07) is 3.64. The van der Waals surface area contributed by atoms with Gasteiger partial charge in [-0.15, -0.1) is 0 Å². The highest BCUT2D eigenvalue weighted by molar-refractivity contribution is 6.32. The van der Waals surface area contributed by atoms with Gasteiger partial charge in [0.25, 0.3) is 0 Å². The van der Waals surface area contributed by atoms with Crippen LogP contribution in [0.5, 0.6) is 5.88 Å². The molecule has 16 heavy (non-hydrogen) atoms. The van der Waals surface area contributed by atoms with Crippen LogP contribution in [0.3, 0.4) is 0 Å². The molecule has 0 unspecified atom stereocenters. The summed E-state index contributed by atoms with van der Waals surface area (Å²) in [6.07, 6.45) is 1.69. The number of halogens is 1. The van der Waals surface area contributed by atoms with E-state index in [4.69, 9.17) is 21.1 Å². The standard InChI is InChI=1S/C11H9ClN2O2/c1-15-9-3-2-7-11(14-9)10(8-5-16-8)6(12)4-13-7/h2-4,8H,5H2,1H3/t8-/m0/s1. The summed E-state index contributed by atoms with van der Waals surface area (Å²) in [5.41, 5.74) is 2.47. The molecule has 3 rings (SSSR count). The Morgan fingerprint density at radius 3 is 3.00 bits per heavy atom. The molecule has 1 aliphatic heterocycles. The molecule has 0 bridgehead atoms. The molecule has 2 aromatic rings. The van der Waals surface area contributed by atoms with E-state index in [9.17, 15) is 0 Å². The van der Waals surface area contributed by atoms with Gasteiger partial charge in [0.05, 0.1) is 24.3 Å². The van der Waals surface area contributed by atoms with Gasteiger partial charge in [-0.3, -0.25) is 4.98 Å². The third kappa shape index (κ3) is 1.50. The molecule has 3 heterocycles. The van der Waals surface area contributed by atoms with E-state index in [1.165, 1.54) is 0 Å². The third-order valence-electron chi connectivity index (χ3n) is 2.54. The molecule has 1 aliphatic rings. The van der Waals surface area contributed by atoms with Crippen LogP contribution in [-0.4, -0.2) is 23.7 Å². The number of nitrogens with zero attached hydrogens (tertiary/aromatic N) is 2. The number of hydrogen-bond donors (Lipinski definition) is 0. The van der Waals surface area contributed by atoms with Crippen molar-refractivity contribution >= 4 is 22.6 Å². The molecule has 0 N–H and O–H groups in total. The lowest BCUT2D eigenvalue weighted by molar-refractivity contribution is 0.398. The first kappa shape index (κ1) is 9.81. The Labute approximate surface area is 97.2 Å². The van der Waals surface area contributed by atoms with Gasteiger partial charge < -0.3 is 9.47 Å². The molecule has 0 saturated carbocycles. The second kappa shape index (κ2) is 3.57. The van der Waals surface area contributed by atoms with Gasteiger partial charge in [-0.25, -0.2) is 4.98 Å². The third-order valence-corrected chi connectivity index (χ3v) is 2.84. The zero-order chi connectivity index (χ0) is 11.1. The topological polar surface area (TPSA) is 47.5 Å². The molecule has 82 valence electrons. The highest BCUT2D eigenvalue weighted by Gasteiger charge is 2.30. The van der Waals surface area contributed by atoms with Crippen molar-refractivity contribution in [1.82, 2.24) is 9.97 Å². The summed E-state index contributed by atoms with van der Waals surface area (Å²) < 4.78 is 10.4. The average Bonchev–Trinajstić information content (AvgIpc) is 3.12. The van der Waals surface area contributed by atoms with Gasteiger partial charge in [0.15, 0.2) is 0 Å². The molecule has 0 aliphatic carbocycles. The molecule has 1 saturated heterocycles. The zero-order valence-electron chi connectivity index (χ0n) is 8.61. The van der Waals surface area contributed by atoms with Crippen LogP contribution in [0.1, 0.15) is 11.7 Å². The minimum atomic E-state index is 0.0533.